The fourth-order valence-electron chi connectivity index (χ4n) is 0. The monoisotopic (exact) mass is 102 g/mol. The summed E-state index contributed by atoms with van der Waals surface area (Å²) in [7, 11) is 0. The van der Waals surface area contributed by atoms with Gasteiger partial charge >= 0.3 is 5.51 Å². The van der Waals surface area contributed by atoms with Crippen molar-refractivity contribution in [2.75, 3.05) is 0 Å². The second-order valence-electron chi connectivity index (χ2n) is 0.468. The van der Waals surface area contributed by atoms with Crippen LogP contribution in [0.2, 0.25) is 0 Å². The molecule has 0 saturated carbocycles. The maximum atomic E-state index is 10.2. The molecule has 0 atom stereocenters. The lowest BCUT2D eigenvalue weighted by Crippen LogP contribution is -1.89. The molecule has 0 aromatic heterocycles. The smallest absolute Gasteiger partial charge is 0.161 e. The van der Waals surface area contributed by atoms with Crippen LogP contribution in [0.15, 0.2) is 0 Å². The van der Waals surface area contributed by atoms with E-state index >= 15 is 0 Å². The summed E-state index contributed by atoms with van der Waals surface area (Å²) in [5.41, 5.74) is -4.31. The Morgan fingerprint density at radius 1 is 1.20 bits per heavy atom. The van der Waals surface area contributed by atoms with Gasteiger partial charge in [0.2, 0.25) is 0 Å². The summed E-state index contributed by atoms with van der Waals surface area (Å²) in [4.78, 5) is 0. The number of alkyl halides is 3. The second-order valence-corrected chi connectivity index (χ2v) is 0.975. The molecule has 32 valence electrons. The van der Waals surface area contributed by atoms with Crippen LogP contribution < -0.4 is 0 Å². The lowest BCUT2D eigenvalue weighted by atomic mass is 11.6. The van der Waals surface area contributed by atoms with Crippen molar-refractivity contribution in [3.05, 3.63) is 0 Å². The van der Waals surface area contributed by atoms with E-state index in [1.165, 1.54) is 0 Å². The quantitative estimate of drug-likeness (QED) is 0.439. The zero-order valence-electron chi connectivity index (χ0n) is 2.08. The first-order chi connectivity index (χ1) is 2.00. The average molecular weight is 102 g/mol. The summed E-state index contributed by atoms with van der Waals surface area (Å²) in [6.45, 7) is 0. The van der Waals surface area contributed by atoms with Crippen LogP contribution in [0, 0.1) is 0 Å². The molecule has 0 fully saturated rings. The highest BCUT2D eigenvalue weighted by atomic mass is 32.1. The molecular formula is CHF3S. The maximum Gasteiger partial charge on any atom is 0.438 e. The molecule has 0 rings (SSSR count). The van der Waals surface area contributed by atoms with Crippen molar-refractivity contribution < 1.29 is 13.2 Å². The van der Waals surface area contributed by atoms with Crippen LogP contribution in [0.1, 0.15) is 0 Å². The maximum absolute atomic E-state index is 10.2. The molecule has 0 bridgehead atoms. The summed E-state index contributed by atoms with van der Waals surface area (Å²) in [5, 5.41) is 0. The van der Waals surface area contributed by atoms with Gasteiger partial charge in [0.25, 0.3) is 0 Å². The molecule has 0 aliphatic carbocycles. The Balaban J connectivity index is 3.02. The van der Waals surface area contributed by atoms with Crippen LogP contribution in [0.5, 0.6) is 0 Å². The van der Waals surface area contributed by atoms with E-state index in [4.69, 9.17) is 0 Å². The van der Waals surface area contributed by atoms with Crippen molar-refractivity contribution in [3.63, 3.8) is 0 Å². The minimum absolute atomic E-state index is 2.12. The van der Waals surface area contributed by atoms with E-state index in [9.17, 15) is 13.2 Å². The van der Waals surface area contributed by atoms with Gasteiger partial charge in [0.05, 0.1) is 0 Å². The first-order valence-electron chi connectivity index (χ1n) is 0.791. The van der Waals surface area contributed by atoms with Crippen molar-refractivity contribution >= 4 is 12.6 Å². The fourth-order valence-corrected chi connectivity index (χ4v) is 0. The standard InChI is InChI=1S/CHF3S/c2-1(3,4)5/h5H. The Morgan fingerprint density at radius 2 is 1.20 bits per heavy atom. The Kier molecular flexibility index (Phi) is 1.11. The lowest BCUT2D eigenvalue weighted by molar-refractivity contribution is -0.0303. The SMILES string of the molecule is FC(F)(F)S. The number of thiol groups is 1. The number of rotatable bonds is 0. The van der Waals surface area contributed by atoms with E-state index in [-0.39, 0.29) is 0 Å². The van der Waals surface area contributed by atoms with Crippen LogP contribution in [-0.2, 0) is 0 Å². The number of hydrogen-bond donors (Lipinski definition) is 1. The first kappa shape index (κ1) is 5.14. The third-order valence-corrected chi connectivity index (χ3v) is 0. The molecule has 4 heteroatoms. The highest BCUT2D eigenvalue weighted by Crippen LogP contribution is 2.17. The molecule has 0 unspecified atom stereocenters. The Bertz CT molecular complexity index is 22.4. The van der Waals surface area contributed by atoms with E-state index in [2.05, 4.69) is 12.6 Å². The van der Waals surface area contributed by atoms with E-state index in [0.717, 1.165) is 0 Å². The van der Waals surface area contributed by atoms with Gasteiger partial charge in [-0.15, -0.1) is 0 Å². The van der Waals surface area contributed by atoms with E-state index in [0.29, 0.717) is 0 Å². The Hall–Kier alpha value is 0.140. The molecule has 0 aliphatic rings. The molecule has 0 aromatic rings. The second kappa shape index (κ2) is 1.08. The summed E-state index contributed by atoms with van der Waals surface area (Å²) in [5.74, 6) is 0. The van der Waals surface area contributed by atoms with Gasteiger partial charge in [-0.2, -0.15) is 13.2 Å². The highest BCUT2D eigenvalue weighted by molar-refractivity contribution is 7.81. The highest BCUT2D eigenvalue weighted by Gasteiger charge is 2.17. The van der Waals surface area contributed by atoms with Gasteiger partial charge in [-0.1, -0.05) is 12.6 Å². The summed E-state index contributed by atoms with van der Waals surface area (Å²) in [6, 6.07) is 0. The van der Waals surface area contributed by atoms with Crippen LogP contribution in [0.25, 0.3) is 0 Å². The zero-order chi connectivity index (χ0) is 4.50. The summed E-state index contributed by atoms with van der Waals surface area (Å²) in [6.07, 6.45) is 0. The van der Waals surface area contributed by atoms with Crippen molar-refractivity contribution in [1.29, 1.82) is 0 Å². The third-order valence-electron chi connectivity index (χ3n) is 0. The van der Waals surface area contributed by atoms with E-state index in [1.54, 1.807) is 0 Å². The van der Waals surface area contributed by atoms with Crippen molar-refractivity contribution in [3.8, 4) is 0 Å². The summed E-state index contributed by atoms with van der Waals surface area (Å²) >= 11 is 2.12. The molecule has 0 nitrogen and oxygen atoms in total. The predicted molar refractivity (Wildman–Crippen MR) is 15.0 cm³/mol. The molecule has 5 heavy (non-hydrogen) atoms. The lowest BCUT2D eigenvalue weighted by Gasteiger charge is -1.87. The minimum Gasteiger partial charge on any atom is -0.161 e. The topological polar surface area (TPSA) is 0 Å². The number of halogens is 3. The minimum atomic E-state index is -4.31. The van der Waals surface area contributed by atoms with E-state index in [1.807, 2.05) is 0 Å². The fraction of sp³-hybridized carbons (Fsp3) is 1.00. The van der Waals surface area contributed by atoms with Gasteiger partial charge in [-0.3, -0.25) is 0 Å². The van der Waals surface area contributed by atoms with Crippen LogP contribution in [0.3, 0.4) is 0 Å². The molecule has 0 amide bonds. The largest absolute Gasteiger partial charge is 0.438 e. The van der Waals surface area contributed by atoms with Gasteiger partial charge < -0.3 is 0 Å². The third kappa shape index (κ3) is 967. The van der Waals surface area contributed by atoms with Crippen molar-refractivity contribution in [2.45, 2.75) is 5.51 Å². The van der Waals surface area contributed by atoms with Crippen molar-refractivity contribution in [2.24, 2.45) is 0 Å². The molecule has 0 aliphatic heterocycles. The Labute approximate surface area is 32.4 Å². The van der Waals surface area contributed by atoms with Crippen LogP contribution in [-0.4, -0.2) is 5.51 Å². The molecule has 0 saturated heterocycles. The molecule has 0 aromatic carbocycles. The molecule has 0 spiro atoms. The molecule has 0 heterocycles. The molecule has 0 N–H and O–H groups in total. The van der Waals surface area contributed by atoms with Gasteiger partial charge in [-0.25, -0.2) is 0 Å². The normalized spacial score (nSPS) is 12.0. The average Bonchev–Trinajstić information content (AvgIpc) is 0.722. The van der Waals surface area contributed by atoms with E-state index < -0.39 is 5.51 Å². The van der Waals surface area contributed by atoms with Crippen LogP contribution in [0.4, 0.5) is 13.2 Å². The van der Waals surface area contributed by atoms with Gasteiger partial charge in [-0.05, 0) is 0 Å². The van der Waals surface area contributed by atoms with Gasteiger partial charge in [0, 0.05) is 0 Å². The first-order valence-corrected chi connectivity index (χ1v) is 1.24. The predicted octanol–water partition coefficient (Wildman–Crippen LogP) is 1.44. The van der Waals surface area contributed by atoms with Crippen molar-refractivity contribution in [1.82, 2.24) is 0 Å². The van der Waals surface area contributed by atoms with Crippen LogP contribution >= 0.6 is 12.6 Å². The van der Waals surface area contributed by atoms with Gasteiger partial charge in [0.15, 0.2) is 0 Å². The summed E-state index contributed by atoms with van der Waals surface area (Å²) < 4.78 is 30.7. The Morgan fingerprint density at radius 3 is 1.20 bits per heavy atom. The molecular weight excluding hydrogens is 101 g/mol. The molecule has 0 radical (unpaired) electrons. The zero-order valence-corrected chi connectivity index (χ0v) is 2.98. The van der Waals surface area contributed by atoms with Gasteiger partial charge in [0.1, 0.15) is 0 Å². The number of hydrogen-bond acceptors (Lipinski definition) is 1.